The second kappa shape index (κ2) is 7.62. The standard InChI is InChI=1S/C20H25N5O2/c1-15(26)25-8-5-16-13-17(3-4-18(16)25)19(27)14-23-9-11-24(12-10-23)20-21-6-2-7-22-20/h2-4,6-7,13,19,27H,5,8-12,14H2,1H3. The summed E-state index contributed by atoms with van der Waals surface area (Å²) in [7, 11) is 0. The van der Waals surface area contributed by atoms with E-state index in [4.69, 9.17) is 0 Å². The molecule has 2 aromatic rings. The minimum atomic E-state index is -0.527. The number of aliphatic hydroxyl groups is 1. The van der Waals surface area contributed by atoms with Gasteiger partial charge in [0.25, 0.3) is 0 Å². The summed E-state index contributed by atoms with van der Waals surface area (Å²) >= 11 is 0. The molecule has 3 heterocycles. The SMILES string of the molecule is CC(=O)N1CCc2cc(C(O)CN3CCN(c4ncccn4)CC3)ccc21. The Morgan fingerprint density at radius 1 is 1.15 bits per heavy atom. The van der Waals surface area contributed by atoms with E-state index in [1.807, 2.05) is 18.2 Å². The quantitative estimate of drug-likeness (QED) is 0.877. The van der Waals surface area contributed by atoms with Crippen molar-refractivity contribution in [2.45, 2.75) is 19.4 Å². The summed E-state index contributed by atoms with van der Waals surface area (Å²) in [6, 6.07) is 7.78. The zero-order valence-electron chi connectivity index (χ0n) is 15.6. The highest BCUT2D eigenvalue weighted by atomic mass is 16.3. The Labute approximate surface area is 159 Å². The number of fused-ring (bicyclic) bond motifs is 1. The lowest BCUT2D eigenvalue weighted by molar-refractivity contribution is -0.116. The lowest BCUT2D eigenvalue weighted by atomic mass is 10.0. The number of amides is 1. The molecule has 1 aromatic carbocycles. The second-order valence-corrected chi connectivity index (χ2v) is 7.16. The highest BCUT2D eigenvalue weighted by Crippen LogP contribution is 2.31. The van der Waals surface area contributed by atoms with Crippen LogP contribution in [-0.4, -0.2) is 65.2 Å². The van der Waals surface area contributed by atoms with Crippen LogP contribution in [0, 0.1) is 0 Å². The molecule has 1 aromatic heterocycles. The monoisotopic (exact) mass is 367 g/mol. The van der Waals surface area contributed by atoms with Crippen LogP contribution in [0.2, 0.25) is 0 Å². The molecule has 7 nitrogen and oxygen atoms in total. The Bertz CT molecular complexity index is 805. The van der Waals surface area contributed by atoms with Crippen LogP contribution < -0.4 is 9.80 Å². The maximum Gasteiger partial charge on any atom is 0.225 e. The van der Waals surface area contributed by atoms with E-state index in [0.717, 1.165) is 61.9 Å². The van der Waals surface area contributed by atoms with Gasteiger partial charge in [-0.3, -0.25) is 9.69 Å². The summed E-state index contributed by atoms with van der Waals surface area (Å²) in [5.74, 6) is 0.841. The van der Waals surface area contributed by atoms with Gasteiger partial charge in [0.15, 0.2) is 0 Å². The van der Waals surface area contributed by atoms with Gasteiger partial charge in [-0.2, -0.15) is 0 Å². The molecule has 0 radical (unpaired) electrons. The van der Waals surface area contributed by atoms with Crippen LogP contribution >= 0.6 is 0 Å². The van der Waals surface area contributed by atoms with Gasteiger partial charge in [0.2, 0.25) is 11.9 Å². The maximum atomic E-state index is 11.7. The molecule has 2 aliphatic rings. The van der Waals surface area contributed by atoms with Crippen molar-refractivity contribution in [1.82, 2.24) is 14.9 Å². The predicted octanol–water partition coefficient (Wildman–Crippen LogP) is 1.24. The van der Waals surface area contributed by atoms with E-state index in [0.29, 0.717) is 6.54 Å². The zero-order valence-corrected chi connectivity index (χ0v) is 15.6. The van der Waals surface area contributed by atoms with Gasteiger partial charge in [0, 0.05) is 64.3 Å². The van der Waals surface area contributed by atoms with E-state index < -0.39 is 6.10 Å². The average molecular weight is 367 g/mol. The summed E-state index contributed by atoms with van der Waals surface area (Å²) in [6.07, 6.45) is 3.85. The topological polar surface area (TPSA) is 72.8 Å². The Morgan fingerprint density at radius 2 is 1.89 bits per heavy atom. The number of aliphatic hydroxyl groups excluding tert-OH is 1. The molecule has 1 amide bonds. The van der Waals surface area contributed by atoms with E-state index in [1.54, 1.807) is 24.2 Å². The Morgan fingerprint density at radius 3 is 2.59 bits per heavy atom. The molecule has 0 aliphatic carbocycles. The van der Waals surface area contributed by atoms with Crippen molar-refractivity contribution in [3.63, 3.8) is 0 Å². The van der Waals surface area contributed by atoms with Gasteiger partial charge in [-0.25, -0.2) is 9.97 Å². The van der Waals surface area contributed by atoms with Crippen LogP contribution in [-0.2, 0) is 11.2 Å². The minimum Gasteiger partial charge on any atom is -0.387 e. The van der Waals surface area contributed by atoms with Crippen LogP contribution in [0.5, 0.6) is 0 Å². The van der Waals surface area contributed by atoms with E-state index in [2.05, 4.69) is 25.8 Å². The van der Waals surface area contributed by atoms with Crippen LogP contribution in [0.1, 0.15) is 24.2 Å². The molecule has 1 unspecified atom stereocenters. The number of rotatable bonds is 4. The number of carbonyl (C=O) groups excluding carboxylic acids is 1. The average Bonchev–Trinajstić information content (AvgIpc) is 3.13. The van der Waals surface area contributed by atoms with Crippen molar-refractivity contribution in [3.05, 3.63) is 47.8 Å². The van der Waals surface area contributed by atoms with Gasteiger partial charge in [0.1, 0.15) is 0 Å². The molecule has 2 aliphatic heterocycles. The Kier molecular flexibility index (Phi) is 5.05. The van der Waals surface area contributed by atoms with Gasteiger partial charge in [-0.05, 0) is 29.7 Å². The molecule has 4 rings (SSSR count). The first-order valence-corrected chi connectivity index (χ1v) is 9.45. The minimum absolute atomic E-state index is 0.0716. The highest BCUT2D eigenvalue weighted by Gasteiger charge is 2.25. The molecule has 1 fully saturated rings. The van der Waals surface area contributed by atoms with Crippen LogP contribution in [0.15, 0.2) is 36.7 Å². The summed E-state index contributed by atoms with van der Waals surface area (Å²) in [4.78, 5) is 26.5. The van der Waals surface area contributed by atoms with Gasteiger partial charge >= 0.3 is 0 Å². The smallest absolute Gasteiger partial charge is 0.225 e. The van der Waals surface area contributed by atoms with Crippen molar-refractivity contribution in [3.8, 4) is 0 Å². The molecule has 0 spiro atoms. The molecule has 1 saturated heterocycles. The molecule has 0 saturated carbocycles. The number of aromatic nitrogens is 2. The molecular weight excluding hydrogens is 342 g/mol. The van der Waals surface area contributed by atoms with Gasteiger partial charge < -0.3 is 14.9 Å². The maximum absolute atomic E-state index is 11.7. The van der Waals surface area contributed by atoms with Crippen molar-refractivity contribution >= 4 is 17.5 Å². The van der Waals surface area contributed by atoms with Gasteiger partial charge in [0.05, 0.1) is 6.10 Å². The Hall–Kier alpha value is -2.51. The summed E-state index contributed by atoms with van der Waals surface area (Å²) in [6.45, 7) is 6.39. The number of nitrogens with zero attached hydrogens (tertiary/aromatic N) is 5. The normalized spacial score (nSPS) is 18.4. The lowest BCUT2D eigenvalue weighted by Crippen LogP contribution is -2.48. The van der Waals surface area contributed by atoms with Crippen LogP contribution in [0.25, 0.3) is 0 Å². The molecule has 142 valence electrons. The first kappa shape index (κ1) is 17.9. The second-order valence-electron chi connectivity index (χ2n) is 7.16. The zero-order chi connectivity index (χ0) is 18.8. The molecule has 0 bridgehead atoms. The van der Waals surface area contributed by atoms with E-state index in [1.165, 1.54) is 0 Å². The fourth-order valence-electron chi connectivity index (χ4n) is 3.89. The van der Waals surface area contributed by atoms with E-state index in [-0.39, 0.29) is 5.91 Å². The molecule has 27 heavy (non-hydrogen) atoms. The number of hydrogen-bond donors (Lipinski definition) is 1. The molecule has 1 atom stereocenters. The van der Waals surface area contributed by atoms with Crippen LogP contribution in [0.4, 0.5) is 11.6 Å². The molecular formula is C20H25N5O2. The predicted molar refractivity (Wildman–Crippen MR) is 104 cm³/mol. The third-order valence-electron chi connectivity index (χ3n) is 5.40. The number of hydrogen-bond acceptors (Lipinski definition) is 6. The number of β-amino-alcohol motifs (C(OH)–C–C–N with tert-alkyl or cyclic N) is 1. The van der Waals surface area contributed by atoms with Gasteiger partial charge in [-0.1, -0.05) is 12.1 Å². The van der Waals surface area contributed by atoms with E-state index in [9.17, 15) is 9.90 Å². The van der Waals surface area contributed by atoms with E-state index >= 15 is 0 Å². The van der Waals surface area contributed by atoms with Crippen molar-refractivity contribution in [2.24, 2.45) is 0 Å². The fourth-order valence-corrected chi connectivity index (χ4v) is 3.89. The first-order valence-electron chi connectivity index (χ1n) is 9.45. The summed E-state index contributed by atoms with van der Waals surface area (Å²) in [5, 5.41) is 10.7. The number of benzene rings is 1. The number of carbonyl (C=O) groups is 1. The highest BCUT2D eigenvalue weighted by molar-refractivity contribution is 5.93. The third-order valence-corrected chi connectivity index (χ3v) is 5.40. The van der Waals surface area contributed by atoms with Crippen molar-refractivity contribution in [2.75, 3.05) is 49.1 Å². The van der Waals surface area contributed by atoms with Crippen molar-refractivity contribution in [1.29, 1.82) is 0 Å². The largest absolute Gasteiger partial charge is 0.387 e. The number of piperazine rings is 1. The van der Waals surface area contributed by atoms with Crippen LogP contribution in [0.3, 0.4) is 0 Å². The fraction of sp³-hybridized carbons (Fsp3) is 0.450. The molecule has 7 heteroatoms. The lowest BCUT2D eigenvalue weighted by Gasteiger charge is -2.35. The summed E-state index contributed by atoms with van der Waals surface area (Å²) in [5.41, 5.74) is 3.05. The number of anilines is 2. The first-order chi connectivity index (χ1) is 13.1. The summed E-state index contributed by atoms with van der Waals surface area (Å²) < 4.78 is 0. The van der Waals surface area contributed by atoms with Gasteiger partial charge in [-0.15, -0.1) is 0 Å². The van der Waals surface area contributed by atoms with Crippen molar-refractivity contribution < 1.29 is 9.90 Å². The molecule has 1 N–H and O–H groups in total. The Balaban J connectivity index is 1.35. The third kappa shape index (κ3) is 3.79.